The van der Waals surface area contributed by atoms with Gasteiger partial charge in [-0.15, -0.1) is 11.3 Å². The van der Waals surface area contributed by atoms with Gasteiger partial charge in [-0.1, -0.05) is 6.07 Å². The second-order valence-corrected chi connectivity index (χ2v) is 5.07. The summed E-state index contributed by atoms with van der Waals surface area (Å²) >= 11 is 1.35. The quantitative estimate of drug-likeness (QED) is 0.695. The summed E-state index contributed by atoms with van der Waals surface area (Å²) in [7, 11) is 1.55. The third kappa shape index (κ3) is 2.82. The summed E-state index contributed by atoms with van der Waals surface area (Å²) in [5.41, 5.74) is 3.15. The monoisotopic (exact) mass is 304 g/mol. The molecule has 2 heterocycles. The highest BCUT2D eigenvalue weighted by Gasteiger charge is 2.17. The minimum absolute atomic E-state index is 0.189. The van der Waals surface area contributed by atoms with Crippen molar-refractivity contribution >= 4 is 23.5 Å². The van der Waals surface area contributed by atoms with Crippen LogP contribution in [0.4, 0.5) is 0 Å². The van der Waals surface area contributed by atoms with Crippen molar-refractivity contribution < 1.29 is 19.0 Å². The second-order valence-electron chi connectivity index (χ2n) is 4.12. The van der Waals surface area contributed by atoms with Crippen molar-refractivity contribution in [1.82, 2.24) is 5.43 Å². The number of nitrogens with one attached hydrogen (secondary N) is 1. The molecule has 1 aliphatic rings. The molecule has 0 saturated carbocycles. The molecule has 0 bridgehead atoms. The SMILES string of the molecule is COc1cc2c(cc1/C=N\NC(=O)c1cccs1)OCO2. The number of hydrogen-bond acceptors (Lipinski definition) is 6. The van der Waals surface area contributed by atoms with Crippen LogP contribution in [0.5, 0.6) is 17.2 Å². The first-order valence-corrected chi connectivity index (χ1v) is 7.00. The van der Waals surface area contributed by atoms with Gasteiger partial charge in [0, 0.05) is 11.6 Å². The van der Waals surface area contributed by atoms with E-state index in [2.05, 4.69) is 10.5 Å². The van der Waals surface area contributed by atoms with Gasteiger partial charge in [0.15, 0.2) is 11.5 Å². The minimum atomic E-state index is -0.249. The lowest BCUT2D eigenvalue weighted by Crippen LogP contribution is -2.16. The zero-order valence-corrected chi connectivity index (χ0v) is 12.0. The fraction of sp³-hybridized carbons (Fsp3) is 0.143. The average Bonchev–Trinajstić information content (AvgIpc) is 3.17. The van der Waals surface area contributed by atoms with Crippen LogP contribution in [-0.4, -0.2) is 26.0 Å². The zero-order chi connectivity index (χ0) is 14.7. The molecule has 0 fully saturated rings. The number of rotatable bonds is 4. The number of ether oxygens (including phenoxy) is 3. The van der Waals surface area contributed by atoms with Crippen molar-refractivity contribution in [3.8, 4) is 17.2 Å². The van der Waals surface area contributed by atoms with E-state index in [0.717, 1.165) is 0 Å². The van der Waals surface area contributed by atoms with Gasteiger partial charge in [-0.3, -0.25) is 4.79 Å². The molecule has 0 aliphatic carbocycles. The molecule has 0 unspecified atom stereocenters. The lowest BCUT2D eigenvalue weighted by Gasteiger charge is -2.06. The highest BCUT2D eigenvalue weighted by atomic mass is 32.1. The van der Waals surface area contributed by atoms with E-state index >= 15 is 0 Å². The Labute approximate surface area is 125 Å². The molecule has 1 aromatic heterocycles. The van der Waals surface area contributed by atoms with Crippen molar-refractivity contribution in [2.45, 2.75) is 0 Å². The van der Waals surface area contributed by atoms with E-state index in [-0.39, 0.29) is 12.7 Å². The fourth-order valence-corrected chi connectivity index (χ4v) is 2.45. The van der Waals surface area contributed by atoms with Crippen molar-refractivity contribution in [3.05, 3.63) is 40.1 Å². The van der Waals surface area contributed by atoms with Gasteiger partial charge in [0.05, 0.1) is 18.2 Å². The van der Waals surface area contributed by atoms with Gasteiger partial charge in [-0.25, -0.2) is 5.43 Å². The standard InChI is InChI=1S/C14H12N2O4S/c1-18-10-6-12-11(19-8-20-12)5-9(10)7-15-16-14(17)13-3-2-4-21-13/h2-7H,8H2,1H3,(H,16,17)/b15-7-. The number of amides is 1. The van der Waals surface area contributed by atoms with E-state index in [1.54, 1.807) is 25.3 Å². The van der Waals surface area contributed by atoms with E-state index in [1.165, 1.54) is 17.6 Å². The van der Waals surface area contributed by atoms with E-state index in [0.29, 0.717) is 27.7 Å². The molecule has 0 saturated heterocycles. The molecule has 7 heteroatoms. The molecular formula is C14H12N2O4S. The Morgan fingerprint density at radius 2 is 2.24 bits per heavy atom. The highest BCUT2D eigenvalue weighted by molar-refractivity contribution is 7.12. The predicted molar refractivity (Wildman–Crippen MR) is 78.5 cm³/mol. The lowest BCUT2D eigenvalue weighted by molar-refractivity contribution is 0.0959. The third-order valence-corrected chi connectivity index (χ3v) is 3.71. The summed E-state index contributed by atoms with van der Waals surface area (Å²) in [6, 6.07) is 7.02. The molecular weight excluding hydrogens is 292 g/mol. The lowest BCUT2D eigenvalue weighted by atomic mass is 10.2. The molecule has 1 aliphatic heterocycles. The predicted octanol–water partition coefficient (Wildman–Crippen LogP) is 2.25. The Morgan fingerprint density at radius 3 is 2.95 bits per heavy atom. The number of carbonyl (C=O) groups excluding carboxylic acids is 1. The molecule has 21 heavy (non-hydrogen) atoms. The average molecular weight is 304 g/mol. The molecule has 1 aromatic carbocycles. The Morgan fingerprint density at radius 1 is 1.43 bits per heavy atom. The second kappa shape index (κ2) is 5.84. The van der Waals surface area contributed by atoms with Crippen molar-refractivity contribution in [2.75, 3.05) is 13.9 Å². The number of fused-ring (bicyclic) bond motifs is 1. The van der Waals surface area contributed by atoms with Crippen molar-refractivity contribution in [2.24, 2.45) is 5.10 Å². The summed E-state index contributed by atoms with van der Waals surface area (Å²) in [5.74, 6) is 1.60. The van der Waals surface area contributed by atoms with E-state index < -0.39 is 0 Å². The number of methoxy groups -OCH3 is 1. The molecule has 1 N–H and O–H groups in total. The van der Waals surface area contributed by atoms with Gasteiger partial charge >= 0.3 is 0 Å². The topological polar surface area (TPSA) is 69.2 Å². The van der Waals surface area contributed by atoms with Gasteiger partial charge in [0.1, 0.15) is 5.75 Å². The first kappa shape index (κ1) is 13.4. The molecule has 6 nitrogen and oxygen atoms in total. The summed E-state index contributed by atoms with van der Waals surface area (Å²) in [6.07, 6.45) is 1.51. The highest BCUT2D eigenvalue weighted by Crippen LogP contribution is 2.37. The van der Waals surface area contributed by atoms with Crippen LogP contribution in [0.2, 0.25) is 0 Å². The molecule has 3 rings (SSSR count). The first-order valence-electron chi connectivity index (χ1n) is 6.12. The Hall–Kier alpha value is -2.54. The number of benzene rings is 1. The molecule has 0 spiro atoms. The normalized spacial score (nSPS) is 12.6. The molecule has 0 radical (unpaired) electrons. The molecule has 2 aromatic rings. The van der Waals surface area contributed by atoms with E-state index in [1.807, 2.05) is 11.4 Å². The largest absolute Gasteiger partial charge is 0.496 e. The van der Waals surface area contributed by atoms with Crippen LogP contribution >= 0.6 is 11.3 Å². The zero-order valence-electron chi connectivity index (χ0n) is 11.2. The summed E-state index contributed by atoms with van der Waals surface area (Å²) in [5, 5.41) is 5.77. The Kier molecular flexibility index (Phi) is 3.74. The number of hydrogen-bond donors (Lipinski definition) is 1. The maximum absolute atomic E-state index is 11.7. The first-order chi connectivity index (χ1) is 10.3. The van der Waals surface area contributed by atoms with E-state index in [4.69, 9.17) is 14.2 Å². The summed E-state index contributed by atoms with van der Waals surface area (Å²) in [4.78, 5) is 12.3. The van der Waals surface area contributed by atoms with Gasteiger partial charge in [-0.05, 0) is 17.5 Å². The van der Waals surface area contributed by atoms with Gasteiger partial charge in [0.25, 0.3) is 5.91 Å². The van der Waals surface area contributed by atoms with Crippen LogP contribution in [0.1, 0.15) is 15.2 Å². The van der Waals surface area contributed by atoms with Crippen molar-refractivity contribution in [3.63, 3.8) is 0 Å². The third-order valence-electron chi connectivity index (χ3n) is 2.84. The van der Waals surface area contributed by atoms with Crippen molar-refractivity contribution in [1.29, 1.82) is 0 Å². The van der Waals surface area contributed by atoms with Crippen LogP contribution in [0.15, 0.2) is 34.7 Å². The van der Waals surface area contributed by atoms with Crippen LogP contribution in [0.3, 0.4) is 0 Å². The van der Waals surface area contributed by atoms with Crippen LogP contribution in [-0.2, 0) is 0 Å². The Bertz CT molecular complexity index is 683. The summed E-state index contributed by atoms with van der Waals surface area (Å²) < 4.78 is 15.8. The van der Waals surface area contributed by atoms with Gasteiger partial charge < -0.3 is 14.2 Å². The van der Waals surface area contributed by atoms with E-state index in [9.17, 15) is 4.79 Å². The smallest absolute Gasteiger partial charge is 0.281 e. The fourth-order valence-electron chi connectivity index (χ4n) is 1.84. The number of nitrogens with zero attached hydrogens (tertiary/aromatic N) is 1. The van der Waals surface area contributed by atoms with Crippen LogP contribution in [0, 0.1) is 0 Å². The minimum Gasteiger partial charge on any atom is -0.496 e. The van der Waals surface area contributed by atoms with Gasteiger partial charge in [0.2, 0.25) is 6.79 Å². The number of thiophene rings is 1. The Balaban J connectivity index is 1.75. The summed E-state index contributed by atoms with van der Waals surface area (Å²) in [6.45, 7) is 0.189. The molecule has 0 atom stereocenters. The maximum Gasteiger partial charge on any atom is 0.281 e. The number of hydrazone groups is 1. The van der Waals surface area contributed by atoms with Crippen LogP contribution < -0.4 is 19.6 Å². The van der Waals surface area contributed by atoms with Crippen LogP contribution in [0.25, 0.3) is 0 Å². The molecule has 108 valence electrons. The maximum atomic E-state index is 11.7. The number of carbonyl (C=O) groups is 1. The molecule has 1 amide bonds. The van der Waals surface area contributed by atoms with Gasteiger partial charge in [-0.2, -0.15) is 5.10 Å².